The van der Waals surface area contributed by atoms with Crippen LogP contribution in [0.15, 0.2) is 182 Å². The van der Waals surface area contributed by atoms with Crippen molar-refractivity contribution in [3.8, 4) is 0 Å². The maximum Gasteiger partial charge on any atom is 0.0934 e. The molecule has 352 valence electrons. The molecule has 4 N–H and O–H groups in total. The summed E-state index contributed by atoms with van der Waals surface area (Å²) in [6.07, 6.45) is 17.6. The molecule has 8 nitrogen and oxygen atoms in total. The van der Waals surface area contributed by atoms with Gasteiger partial charge in [-0.25, -0.2) is 0 Å². The van der Waals surface area contributed by atoms with Crippen LogP contribution in [0.5, 0.6) is 0 Å². The Kier molecular flexibility index (Phi) is 21.1. The smallest absolute Gasteiger partial charge is 0.0934 e. The quantitative estimate of drug-likeness (QED) is 0.0934. The SMILES string of the molecule is C/C(N)=C(/C=NCc1cccnc1)c1ccccc1C1CN(C)Cc2sc(Cl)cc21.C/C(N)=C(/C=NCc1cccnc1)c1ccccc1[C@@H]1CN(C)Cc2sc(Cl)cc21.C=CC=C.C=CC=C. The van der Waals surface area contributed by atoms with Crippen molar-refractivity contribution in [1.29, 1.82) is 0 Å². The number of nitrogens with zero attached hydrogens (tertiary/aromatic N) is 6. The first kappa shape index (κ1) is 53.0. The molecule has 0 amide bonds. The molecule has 2 aromatic carbocycles. The number of benzene rings is 2. The Bertz CT molecular complexity index is 2530. The fourth-order valence-corrected chi connectivity index (χ4v) is 10.8. The first-order valence-corrected chi connectivity index (χ1v) is 24.6. The normalized spacial score (nSPS) is 16.3. The van der Waals surface area contributed by atoms with Crippen LogP contribution in [-0.4, -0.2) is 59.4 Å². The van der Waals surface area contributed by atoms with Crippen molar-refractivity contribution in [3.05, 3.63) is 235 Å². The lowest BCUT2D eigenvalue weighted by molar-refractivity contribution is 0.299. The van der Waals surface area contributed by atoms with E-state index in [1.54, 1.807) is 59.4 Å². The standard InChI is InChI=1S/2C24H25ClN4S.2C4H6/c2*1-16(26)21(13-28-12-17-6-5-9-27-11-17)18-7-3-4-8-19(18)22-14-29(2)15-23-20(22)10-24(25)30-23;2*1-3-4-2/h2*3-11,13,22H,12,14-15,26H2,1-2H3;2*3-4H,1-2H2/b2*21-16+,28-13?;;/t22-;;;/m0.../s1. The van der Waals surface area contributed by atoms with Crippen molar-refractivity contribution in [3.63, 3.8) is 0 Å². The minimum absolute atomic E-state index is 0.250. The van der Waals surface area contributed by atoms with Gasteiger partial charge in [0, 0.05) is 108 Å². The fraction of sp³-hybridized carbons (Fsp3) is 0.214. The molecule has 0 spiro atoms. The van der Waals surface area contributed by atoms with Crippen LogP contribution in [0.4, 0.5) is 0 Å². The summed E-state index contributed by atoms with van der Waals surface area (Å²) in [5, 5.41) is 0. The first-order chi connectivity index (χ1) is 32.9. The van der Waals surface area contributed by atoms with Gasteiger partial charge in [0.1, 0.15) is 0 Å². The lowest BCUT2D eigenvalue weighted by Gasteiger charge is -2.31. The monoisotopic (exact) mass is 980 g/mol. The largest absolute Gasteiger partial charge is 0.402 e. The molecule has 6 heterocycles. The van der Waals surface area contributed by atoms with Crippen LogP contribution in [0, 0.1) is 0 Å². The van der Waals surface area contributed by atoms with Crippen molar-refractivity contribution in [2.75, 3.05) is 27.2 Å². The van der Waals surface area contributed by atoms with Gasteiger partial charge in [0.2, 0.25) is 0 Å². The van der Waals surface area contributed by atoms with Crippen LogP contribution < -0.4 is 11.5 Å². The van der Waals surface area contributed by atoms with E-state index in [2.05, 4.69) is 131 Å². The number of hydrogen-bond acceptors (Lipinski definition) is 10. The Morgan fingerprint density at radius 3 is 1.34 bits per heavy atom. The summed E-state index contributed by atoms with van der Waals surface area (Å²) in [6.45, 7) is 22.2. The van der Waals surface area contributed by atoms with Gasteiger partial charge in [0.15, 0.2) is 0 Å². The van der Waals surface area contributed by atoms with E-state index in [1.165, 1.54) is 32.0 Å². The fourth-order valence-electron chi connectivity index (χ4n) is 7.95. The van der Waals surface area contributed by atoms with Crippen molar-refractivity contribution >= 4 is 69.5 Å². The number of halogens is 2. The number of pyridine rings is 2. The molecule has 0 saturated carbocycles. The van der Waals surface area contributed by atoms with Gasteiger partial charge in [0.25, 0.3) is 0 Å². The molecule has 1 unspecified atom stereocenters. The van der Waals surface area contributed by atoms with E-state index in [0.717, 1.165) is 79.6 Å². The predicted molar refractivity (Wildman–Crippen MR) is 295 cm³/mol. The molecule has 0 fully saturated rings. The van der Waals surface area contributed by atoms with Gasteiger partial charge in [-0.05, 0) is 96.7 Å². The molecular formula is C56H62Cl2N8S2. The third-order valence-electron chi connectivity index (χ3n) is 11.1. The zero-order valence-electron chi connectivity index (χ0n) is 39.5. The third-order valence-corrected chi connectivity index (χ3v) is 13.6. The average molecular weight is 982 g/mol. The number of thiophene rings is 2. The number of nitrogens with two attached hydrogens (primary N) is 2. The van der Waals surface area contributed by atoms with Crippen LogP contribution >= 0.6 is 45.9 Å². The Balaban J connectivity index is 0.000000220. The minimum Gasteiger partial charge on any atom is -0.402 e. The van der Waals surface area contributed by atoms with Crippen LogP contribution in [0.2, 0.25) is 8.67 Å². The van der Waals surface area contributed by atoms with Crippen LogP contribution in [-0.2, 0) is 26.2 Å². The average Bonchev–Trinajstić information content (AvgIpc) is 3.92. The number of allylic oxidation sites excluding steroid dienone is 8. The summed E-state index contributed by atoms with van der Waals surface area (Å²) in [5.74, 6) is 0.500. The van der Waals surface area contributed by atoms with E-state index >= 15 is 0 Å². The number of hydrogen-bond donors (Lipinski definition) is 2. The van der Waals surface area contributed by atoms with E-state index in [0.29, 0.717) is 13.1 Å². The second kappa shape index (κ2) is 27.1. The highest BCUT2D eigenvalue weighted by Gasteiger charge is 2.30. The molecule has 4 aromatic heterocycles. The maximum absolute atomic E-state index is 6.38. The molecule has 0 radical (unpaired) electrons. The number of fused-ring (bicyclic) bond motifs is 2. The molecule has 2 aliphatic heterocycles. The van der Waals surface area contributed by atoms with Crippen LogP contribution in [0.1, 0.15) is 79.9 Å². The van der Waals surface area contributed by atoms with Gasteiger partial charge in [-0.3, -0.25) is 20.0 Å². The van der Waals surface area contributed by atoms with Gasteiger partial charge in [0.05, 0.1) is 21.8 Å². The molecule has 0 saturated heterocycles. The molecule has 12 heteroatoms. The van der Waals surface area contributed by atoms with Gasteiger partial charge >= 0.3 is 0 Å². The highest BCUT2D eigenvalue weighted by Crippen LogP contribution is 2.43. The molecule has 6 aromatic rings. The Morgan fingerprint density at radius 1 is 0.618 bits per heavy atom. The summed E-state index contributed by atoms with van der Waals surface area (Å²) in [7, 11) is 4.32. The zero-order chi connectivity index (χ0) is 49.0. The van der Waals surface area contributed by atoms with E-state index in [4.69, 9.17) is 34.7 Å². The zero-order valence-corrected chi connectivity index (χ0v) is 42.6. The Morgan fingerprint density at radius 2 is 1.00 bits per heavy atom. The Hall–Kier alpha value is -5.98. The second-order valence-corrected chi connectivity index (χ2v) is 19.9. The lowest BCUT2D eigenvalue weighted by Crippen LogP contribution is -2.30. The molecule has 8 rings (SSSR count). The second-order valence-electron chi connectivity index (χ2n) is 16.3. The van der Waals surface area contributed by atoms with E-state index in [9.17, 15) is 0 Å². The van der Waals surface area contributed by atoms with Gasteiger partial charge in [-0.1, -0.05) is 134 Å². The molecule has 0 aliphatic carbocycles. The lowest BCUT2D eigenvalue weighted by atomic mass is 9.84. The highest BCUT2D eigenvalue weighted by molar-refractivity contribution is 7.16. The van der Waals surface area contributed by atoms with E-state index in [-0.39, 0.29) is 11.8 Å². The molecule has 68 heavy (non-hydrogen) atoms. The molecule has 2 aliphatic rings. The van der Waals surface area contributed by atoms with E-state index in [1.807, 2.05) is 62.9 Å². The topological polar surface area (TPSA) is 109 Å². The van der Waals surface area contributed by atoms with Crippen molar-refractivity contribution in [1.82, 2.24) is 19.8 Å². The summed E-state index contributed by atoms with van der Waals surface area (Å²) >= 11 is 16.1. The third kappa shape index (κ3) is 15.0. The number of aliphatic imine (C=N–C) groups is 2. The maximum atomic E-state index is 6.38. The summed E-state index contributed by atoms with van der Waals surface area (Å²) < 4.78 is 1.70. The minimum atomic E-state index is 0.250. The van der Waals surface area contributed by atoms with Crippen LogP contribution in [0.25, 0.3) is 11.1 Å². The predicted octanol–water partition coefficient (Wildman–Crippen LogP) is 13.4. The van der Waals surface area contributed by atoms with Crippen molar-refractivity contribution < 1.29 is 0 Å². The highest BCUT2D eigenvalue weighted by atomic mass is 35.5. The van der Waals surface area contributed by atoms with Gasteiger partial charge < -0.3 is 21.3 Å². The van der Waals surface area contributed by atoms with Crippen molar-refractivity contribution in [2.45, 2.75) is 51.9 Å². The number of rotatable bonds is 12. The first-order valence-electron chi connectivity index (χ1n) is 22.2. The summed E-state index contributed by atoms with van der Waals surface area (Å²) in [4.78, 5) is 25.0. The van der Waals surface area contributed by atoms with E-state index < -0.39 is 0 Å². The molecular weight excluding hydrogens is 920 g/mol. The number of likely N-dealkylation sites (N-methyl/N-ethyl adjacent to an activating group) is 2. The molecule has 2 atom stereocenters. The summed E-state index contributed by atoms with van der Waals surface area (Å²) in [6, 6.07) is 29.1. The van der Waals surface area contributed by atoms with Gasteiger partial charge in [-0.2, -0.15) is 0 Å². The summed E-state index contributed by atoms with van der Waals surface area (Å²) in [5.41, 5.74) is 25.6. The molecule has 0 bridgehead atoms. The van der Waals surface area contributed by atoms with Gasteiger partial charge in [-0.15, -0.1) is 22.7 Å². The van der Waals surface area contributed by atoms with Crippen molar-refractivity contribution in [2.24, 2.45) is 21.5 Å². The Labute approximate surface area is 421 Å². The van der Waals surface area contributed by atoms with Crippen LogP contribution in [0.3, 0.4) is 0 Å². The number of aromatic nitrogens is 2.